The first-order valence-electron chi connectivity index (χ1n) is 5.74. The third kappa shape index (κ3) is 2.93. The largest absolute Gasteiger partial charge is 0.322 e. The molecule has 0 fully saturated rings. The lowest BCUT2D eigenvalue weighted by molar-refractivity contribution is 0.102. The van der Waals surface area contributed by atoms with Gasteiger partial charge in [-0.05, 0) is 49.2 Å². The number of carbonyl (C=O) groups is 1. The molecular formula is C15H15NOS. The number of carbonyl (C=O) groups excluding carboxylic acids is 1. The van der Waals surface area contributed by atoms with Gasteiger partial charge in [0.1, 0.15) is 0 Å². The second-order valence-electron chi connectivity index (χ2n) is 4.32. The summed E-state index contributed by atoms with van der Waals surface area (Å²) < 4.78 is 0. The van der Waals surface area contributed by atoms with E-state index in [9.17, 15) is 4.79 Å². The van der Waals surface area contributed by atoms with Crippen molar-refractivity contribution in [2.24, 2.45) is 0 Å². The standard InChI is InChI=1S/C15H15NOS/c1-10-6-7-11(2)14(8-10)16-15(17)12-4-3-5-13(18)9-12/h3-9,18H,1-2H3,(H,16,17). The zero-order valence-corrected chi connectivity index (χ0v) is 11.3. The quantitative estimate of drug-likeness (QED) is 0.786. The monoisotopic (exact) mass is 257 g/mol. The number of anilines is 1. The molecule has 0 atom stereocenters. The average Bonchev–Trinajstić information content (AvgIpc) is 2.34. The minimum atomic E-state index is -0.111. The van der Waals surface area contributed by atoms with E-state index in [4.69, 9.17) is 0 Å². The number of thiol groups is 1. The van der Waals surface area contributed by atoms with Crippen LogP contribution in [0.4, 0.5) is 5.69 Å². The number of hydrogen-bond acceptors (Lipinski definition) is 2. The Morgan fingerprint density at radius 3 is 2.61 bits per heavy atom. The Bertz CT molecular complexity index is 593. The first kappa shape index (κ1) is 12.7. The number of aryl methyl sites for hydroxylation is 2. The normalized spacial score (nSPS) is 10.2. The number of benzene rings is 2. The number of hydrogen-bond donors (Lipinski definition) is 2. The number of rotatable bonds is 2. The van der Waals surface area contributed by atoms with Crippen LogP contribution in [0.15, 0.2) is 47.4 Å². The summed E-state index contributed by atoms with van der Waals surface area (Å²) >= 11 is 4.23. The van der Waals surface area contributed by atoms with Gasteiger partial charge in [-0.25, -0.2) is 0 Å². The van der Waals surface area contributed by atoms with E-state index in [0.717, 1.165) is 21.7 Å². The van der Waals surface area contributed by atoms with Crippen LogP contribution in [0.3, 0.4) is 0 Å². The fourth-order valence-corrected chi connectivity index (χ4v) is 1.94. The summed E-state index contributed by atoms with van der Waals surface area (Å²) in [6.07, 6.45) is 0. The van der Waals surface area contributed by atoms with E-state index in [1.165, 1.54) is 0 Å². The van der Waals surface area contributed by atoms with Crippen LogP contribution in [0.25, 0.3) is 0 Å². The molecule has 0 aliphatic heterocycles. The minimum absolute atomic E-state index is 0.111. The Morgan fingerprint density at radius 2 is 1.89 bits per heavy atom. The summed E-state index contributed by atoms with van der Waals surface area (Å²) in [5.74, 6) is -0.111. The van der Waals surface area contributed by atoms with E-state index in [2.05, 4.69) is 17.9 Å². The molecule has 92 valence electrons. The molecule has 0 saturated carbocycles. The summed E-state index contributed by atoms with van der Waals surface area (Å²) in [6.45, 7) is 3.98. The topological polar surface area (TPSA) is 29.1 Å². The lowest BCUT2D eigenvalue weighted by Crippen LogP contribution is -2.12. The lowest BCUT2D eigenvalue weighted by Gasteiger charge is -2.09. The maximum absolute atomic E-state index is 12.1. The third-order valence-electron chi connectivity index (χ3n) is 2.75. The lowest BCUT2D eigenvalue weighted by atomic mass is 10.1. The van der Waals surface area contributed by atoms with E-state index < -0.39 is 0 Å². The maximum Gasteiger partial charge on any atom is 0.255 e. The number of amides is 1. The Hall–Kier alpha value is -1.74. The molecule has 1 N–H and O–H groups in total. The van der Waals surface area contributed by atoms with E-state index in [-0.39, 0.29) is 5.91 Å². The van der Waals surface area contributed by atoms with Crippen LogP contribution in [0.5, 0.6) is 0 Å². The van der Waals surface area contributed by atoms with Gasteiger partial charge in [0, 0.05) is 16.1 Å². The van der Waals surface area contributed by atoms with Crippen LogP contribution in [-0.4, -0.2) is 5.91 Å². The number of nitrogens with one attached hydrogen (secondary N) is 1. The summed E-state index contributed by atoms with van der Waals surface area (Å²) in [5.41, 5.74) is 3.64. The molecule has 0 heterocycles. The first-order chi connectivity index (χ1) is 8.56. The van der Waals surface area contributed by atoms with Gasteiger partial charge in [0.25, 0.3) is 5.91 Å². The highest BCUT2D eigenvalue weighted by Crippen LogP contribution is 2.18. The van der Waals surface area contributed by atoms with Gasteiger partial charge in [0.05, 0.1) is 0 Å². The molecule has 0 bridgehead atoms. The first-order valence-corrected chi connectivity index (χ1v) is 6.18. The van der Waals surface area contributed by atoms with Crippen LogP contribution in [0.1, 0.15) is 21.5 Å². The van der Waals surface area contributed by atoms with Gasteiger partial charge in [-0.3, -0.25) is 4.79 Å². The smallest absolute Gasteiger partial charge is 0.255 e. The minimum Gasteiger partial charge on any atom is -0.322 e. The molecule has 3 heteroatoms. The fraction of sp³-hybridized carbons (Fsp3) is 0.133. The molecule has 0 aromatic heterocycles. The van der Waals surface area contributed by atoms with Crippen LogP contribution in [0, 0.1) is 13.8 Å². The Balaban J connectivity index is 2.24. The second kappa shape index (κ2) is 5.27. The van der Waals surface area contributed by atoms with Crippen molar-refractivity contribution in [3.05, 3.63) is 59.2 Å². The van der Waals surface area contributed by atoms with Gasteiger partial charge in [0.2, 0.25) is 0 Å². The van der Waals surface area contributed by atoms with Crippen molar-refractivity contribution in [1.29, 1.82) is 0 Å². The molecule has 0 aliphatic rings. The molecule has 2 nitrogen and oxygen atoms in total. The van der Waals surface area contributed by atoms with Crippen molar-refractivity contribution in [2.45, 2.75) is 18.7 Å². The van der Waals surface area contributed by atoms with Gasteiger partial charge in [-0.15, -0.1) is 12.6 Å². The molecular weight excluding hydrogens is 242 g/mol. The second-order valence-corrected chi connectivity index (χ2v) is 4.84. The predicted molar refractivity (Wildman–Crippen MR) is 77.6 cm³/mol. The van der Waals surface area contributed by atoms with Crippen molar-refractivity contribution in [3.63, 3.8) is 0 Å². The summed E-state index contributed by atoms with van der Waals surface area (Å²) in [4.78, 5) is 12.9. The van der Waals surface area contributed by atoms with Crippen molar-refractivity contribution in [1.82, 2.24) is 0 Å². The van der Waals surface area contributed by atoms with Crippen molar-refractivity contribution < 1.29 is 4.79 Å². The van der Waals surface area contributed by atoms with Crippen LogP contribution >= 0.6 is 12.6 Å². The van der Waals surface area contributed by atoms with E-state index in [1.54, 1.807) is 12.1 Å². The van der Waals surface area contributed by atoms with Crippen LogP contribution in [-0.2, 0) is 0 Å². The van der Waals surface area contributed by atoms with E-state index in [1.807, 2.05) is 44.2 Å². The summed E-state index contributed by atoms with van der Waals surface area (Å²) in [5, 5.41) is 2.92. The molecule has 0 saturated heterocycles. The average molecular weight is 257 g/mol. The summed E-state index contributed by atoms with van der Waals surface area (Å²) in [7, 11) is 0. The highest BCUT2D eigenvalue weighted by atomic mass is 32.1. The van der Waals surface area contributed by atoms with Crippen LogP contribution in [0.2, 0.25) is 0 Å². The Labute approximate surface area is 112 Å². The fourth-order valence-electron chi connectivity index (χ4n) is 1.71. The Morgan fingerprint density at radius 1 is 1.11 bits per heavy atom. The zero-order chi connectivity index (χ0) is 13.1. The highest BCUT2D eigenvalue weighted by molar-refractivity contribution is 7.80. The van der Waals surface area contributed by atoms with Gasteiger partial charge in [-0.2, -0.15) is 0 Å². The van der Waals surface area contributed by atoms with Crippen LogP contribution < -0.4 is 5.32 Å². The molecule has 2 rings (SSSR count). The molecule has 18 heavy (non-hydrogen) atoms. The highest BCUT2D eigenvalue weighted by Gasteiger charge is 2.07. The maximum atomic E-state index is 12.1. The van der Waals surface area contributed by atoms with Crippen molar-refractivity contribution in [3.8, 4) is 0 Å². The van der Waals surface area contributed by atoms with E-state index in [0.29, 0.717) is 5.56 Å². The van der Waals surface area contributed by atoms with E-state index >= 15 is 0 Å². The van der Waals surface area contributed by atoms with Gasteiger partial charge < -0.3 is 5.32 Å². The molecule has 2 aromatic carbocycles. The Kier molecular flexibility index (Phi) is 3.72. The predicted octanol–water partition coefficient (Wildman–Crippen LogP) is 3.84. The van der Waals surface area contributed by atoms with Crippen molar-refractivity contribution >= 4 is 24.2 Å². The van der Waals surface area contributed by atoms with Gasteiger partial charge in [-0.1, -0.05) is 18.2 Å². The molecule has 0 spiro atoms. The summed E-state index contributed by atoms with van der Waals surface area (Å²) in [6, 6.07) is 13.2. The SMILES string of the molecule is Cc1ccc(C)c(NC(=O)c2cccc(S)c2)c1. The van der Waals surface area contributed by atoms with Crippen molar-refractivity contribution in [2.75, 3.05) is 5.32 Å². The molecule has 0 aliphatic carbocycles. The molecule has 1 amide bonds. The van der Waals surface area contributed by atoms with Gasteiger partial charge in [0.15, 0.2) is 0 Å². The third-order valence-corrected chi connectivity index (χ3v) is 3.03. The van der Waals surface area contributed by atoms with Gasteiger partial charge >= 0.3 is 0 Å². The molecule has 2 aromatic rings. The molecule has 0 unspecified atom stereocenters. The molecule has 0 radical (unpaired) electrons. The zero-order valence-electron chi connectivity index (χ0n) is 10.4.